The Kier molecular flexibility index (Phi) is 20.1. The highest BCUT2D eigenvalue weighted by molar-refractivity contribution is 8.43. The lowest BCUT2D eigenvalue weighted by Gasteiger charge is -2.35. The Labute approximate surface area is 532 Å². The lowest BCUT2D eigenvalue weighted by molar-refractivity contribution is 0.501. The highest BCUT2D eigenvalue weighted by atomic mass is 32.3. The van der Waals surface area contributed by atoms with Crippen molar-refractivity contribution in [3.05, 3.63) is 110 Å². The van der Waals surface area contributed by atoms with Crippen LogP contribution in [-0.4, -0.2) is 43.7 Å². The molecule has 0 saturated heterocycles. The van der Waals surface area contributed by atoms with E-state index in [0.29, 0.717) is 0 Å². The lowest BCUT2D eigenvalue weighted by Crippen LogP contribution is -2.36. The molecule has 0 fully saturated rings. The molecule has 6 bridgehead atoms. The minimum Gasteiger partial charge on any atom is -0.362 e. The molecular weight excluding hydrogens is 1270 g/mol. The number of fused-ring (bicyclic) bond motifs is 15. The first-order valence-corrected chi connectivity index (χ1v) is 41.1. The molecular formula is C56H70N4S17. The Morgan fingerprint density at radius 2 is 0.545 bits per heavy atom. The molecule has 0 aromatic carbocycles. The average Bonchev–Trinajstić information content (AvgIpc) is 4.31. The van der Waals surface area contributed by atoms with Gasteiger partial charge in [-0.1, -0.05) is 189 Å². The largest absolute Gasteiger partial charge is 0.362 e. The normalized spacial score (nSPS) is 22.5. The lowest BCUT2D eigenvalue weighted by atomic mass is 9.82. The molecule has 4 N–H and O–H groups in total. The van der Waals surface area contributed by atoms with Crippen LogP contribution < -0.4 is 5.32 Å². The molecule has 7 aliphatic heterocycles. The smallest absolute Gasteiger partial charge is 0.0717 e. The topological polar surface area (TPSA) is 59.4 Å². The summed E-state index contributed by atoms with van der Waals surface area (Å²) in [5.74, 6) is 5.74. The Morgan fingerprint density at radius 3 is 0.818 bits per heavy atom. The number of hydrogen-bond acceptors (Lipinski definition) is 18. The molecule has 21 heteroatoms. The molecule has 3 aromatic heterocycles. The molecule has 7 aliphatic rings. The molecule has 0 radical (unpaired) electrons. The van der Waals surface area contributed by atoms with E-state index in [0.717, 1.165) is 40.2 Å². The van der Waals surface area contributed by atoms with Gasteiger partial charge >= 0.3 is 0 Å². The summed E-state index contributed by atoms with van der Waals surface area (Å²) in [5, 5.41) is 3.92. The zero-order chi connectivity index (χ0) is 54.9. The molecule has 4 nitrogen and oxygen atoms in total. The number of hydrogen-bond donors (Lipinski definition) is 4. The van der Waals surface area contributed by atoms with Gasteiger partial charge in [-0.2, -0.15) is 0 Å². The van der Waals surface area contributed by atoms with Gasteiger partial charge < -0.3 is 20.3 Å². The van der Waals surface area contributed by atoms with Crippen LogP contribution >= 0.6 is 200 Å². The van der Waals surface area contributed by atoms with Crippen molar-refractivity contribution in [3.8, 4) is 0 Å². The summed E-state index contributed by atoms with van der Waals surface area (Å²) in [7, 11) is 0. The number of allylic oxidation sites excluding steroid dienone is 3. The first kappa shape index (κ1) is 61.6. The van der Waals surface area contributed by atoms with Crippen LogP contribution in [0.3, 0.4) is 0 Å². The third kappa shape index (κ3) is 11.8. The van der Waals surface area contributed by atoms with Crippen LogP contribution in [0.5, 0.6) is 0 Å². The van der Waals surface area contributed by atoms with E-state index in [1.165, 1.54) is 147 Å². The van der Waals surface area contributed by atoms with E-state index in [4.69, 9.17) is 13.2 Å². The second kappa shape index (κ2) is 25.1. The number of rotatable bonds is 15. The zero-order valence-corrected chi connectivity index (χ0v) is 60.3. The maximum Gasteiger partial charge on any atom is 0.0717 e. The van der Waals surface area contributed by atoms with E-state index in [1.54, 1.807) is 0 Å². The van der Waals surface area contributed by atoms with Crippen molar-refractivity contribution < 1.29 is 0 Å². The van der Waals surface area contributed by atoms with Crippen LogP contribution in [0.4, 0.5) is 0 Å². The Bertz CT molecular complexity index is 3070. The molecule has 0 unspecified atom stereocenters. The van der Waals surface area contributed by atoms with Crippen molar-refractivity contribution in [3.63, 3.8) is 0 Å². The van der Waals surface area contributed by atoms with Gasteiger partial charge in [0.05, 0.1) is 46.6 Å². The van der Waals surface area contributed by atoms with Crippen LogP contribution in [0.25, 0.3) is 0 Å². The van der Waals surface area contributed by atoms with Crippen molar-refractivity contribution in [1.82, 2.24) is 20.3 Å². The van der Waals surface area contributed by atoms with Gasteiger partial charge in [-0.3, -0.25) is 0 Å². The third-order valence-corrected chi connectivity index (χ3v) is 39.6. The molecule has 3 aromatic rings. The van der Waals surface area contributed by atoms with Crippen molar-refractivity contribution in [2.75, 3.05) is 28.8 Å². The van der Waals surface area contributed by atoms with Crippen molar-refractivity contribution >= 4 is 200 Å². The number of aromatic nitrogens is 3. The second-order valence-electron chi connectivity index (χ2n) is 21.4. The summed E-state index contributed by atoms with van der Waals surface area (Å²) in [6.45, 7) is 42.9. The van der Waals surface area contributed by atoms with E-state index >= 15 is 0 Å². The summed E-state index contributed by atoms with van der Waals surface area (Å²) in [5.41, 5.74) is 7.58. The van der Waals surface area contributed by atoms with Crippen LogP contribution in [0.2, 0.25) is 0 Å². The molecule has 0 amide bonds. The minimum atomic E-state index is -0.487. The summed E-state index contributed by atoms with van der Waals surface area (Å²) < 4.78 is 15.9. The Morgan fingerprint density at radius 1 is 0.325 bits per heavy atom. The number of H-pyrrole nitrogens is 3. The van der Waals surface area contributed by atoms with Crippen LogP contribution in [-0.2, 0) is 21.7 Å². The van der Waals surface area contributed by atoms with Crippen molar-refractivity contribution in [1.29, 1.82) is 0 Å². The number of aromatic amines is 3. The van der Waals surface area contributed by atoms with E-state index < -0.39 is 21.7 Å². The molecule has 0 saturated carbocycles. The maximum absolute atomic E-state index is 4.91. The number of thioether (sulfide) groups is 17. The Balaban J connectivity index is 1.14. The molecule has 77 heavy (non-hydrogen) atoms. The number of nitrogens with one attached hydrogen (secondary N) is 4. The first-order chi connectivity index (χ1) is 36.7. The van der Waals surface area contributed by atoms with Gasteiger partial charge in [0.25, 0.3) is 0 Å². The molecule has 10 rings (SSSR count). The fourth-order valence-electron chi connectivity index (χ4n) is 9.15. The molecule has 0 atom stereocenters. The SMILES string of the molecule is C=C1NC(=C)C(C)(C)c2[nH]c(c3c2S/C(=C2\SC(C)=C(SCCC)S2)S3)C(C)(C)c2[nH]c(c3c2SC(=C2SC(SCCC)=C(SCCC)S2)S3)C(C)(C)c2[nH]c(c3c2SC(=C2SC(SCCC)=C(SCCC)S2)S3)C1(C)C. The fourth-order valence-corrected chi connectivity index (χ4v) is 34.5. The summed E-state index contributed by atoms with van der Waals surface area (Å²) in [6, 6.07) is 0. The van der Waals surface area contributed by atoms with Gasteiger partial charge in [0.15, 0.2) is 0 Å². The molecule has 0 aliphatic carbocycles. The van der Waals surface area contributed by atoms with Crippen LogP contribution in [0, 0.1) is 0 Å². The average molecular weight is 1340 g/mol. The van der Waals surface area contributed by atoms with E-state index in [1.807, 2.05) is 176 Å². The predicted molar refractivity (Wildman–Crippen MR) is 376 cm³/mol. The van der Waals surface area contributed by atoms with Gasteiger partial charge in [0.2, 0.25) is 0 Å². The molecule has 0 spiro atoms. The fraction of sp³-hybridized carbons (Fsp3) is 0.500. The zero-order valence-electron chi connectivity index (χ0n) is 46.4. The summed E-state index contributed by atoms with van der Waals surface area (Å²) >= 11 is 34.2. The van der Waals surface area contributed by atoms with Crippen LogP contribution in [0.15, 0.2) is 105 Å². The molecule has 416 valence electrons. The van der Waals surface area contributed by atoms with Gasteiger partial charge in [0.1, 0.15) is 0 Å². The van der Waals surface area contributed by atoms with Crippen LogP contribution in [0.1, 0.15) is 163 Å². The van der Waals surface area contributed by atoms with Crippen molar-refractivity contribution in [2.24, 2.45) is 0 Å². The third-order valence-electron chi connectivity index (χ3n) is 13.9. The Hall–Kier alpha value is 1.51. The standard InChI is InChI=1S/C56H70N4S17/c1-17-22-61-42-27(6)66-47(73-42)48-67-30-32(69-48)38-55(13,14)40-34-35(72-50(71-34)52-76-45(64-25-20-4)46(77-52)65-26-21-5)41(60-40)56(15,16)39-33-31(37(59-39)54(11,12)29(8)57-28(7)53(9,10)36(30)58-38)68-49(70-33)51-74-43(62-23-18-2)44(75-51)63-24-19-3/h57-60H,7-8,17-26H2,1-6,9-16H3/b48-47-. The first-order valence-electron chi connectivity index (χ1n) is 26.4. The highest BCUT2D eigenvalue weighted by Gasteiger charge is 2.49. The summed E-state index contributed by atoms with van der Waals surface area (Å²) in [4.78, 5) is 22.4. The highest BCUT2D eigenvalue weighted by Crippen LogP contribution is 2.71. The quantitative estimate of drug-likeness (QED) is 0.117. The second-order valence-corrected chi connectivity index (χ2v) is 42.2. The van der Waals surface area contributed by atoms with Gasteiger partial charge in [-0.05, 0) is 123 Å². The minimum absolute atomic E-state index is 0.434. The monoisotopic (exact) mass is 1340 g/mol. The van der Waals surface area contributed by atoms with Gasteiger partial charge in [-0.15, -0.1) is 58.8 Å². The van der Waals surface area contributed by atoms with Crippen molar-refractivity contribution in [2.45, 2.75) is 180 Å². The van der Waals surface area contributed by atoms with Gasteiger partial charge in [-0.25, -0.2) is 0 Å². The molecule has 10 heterocycles. The van der Waals surface area contributed by atoms with E-state index in [2.05, 4.69) is 141 Å². The maximum atomic E-state index is 4.91. The van der Waals surface area contributed by atoms with Gasteiger partial charge in [0, 0.05) is 101 Å². The van der Waals surface area contributed by atoms with E-state index in [9.17, 15) is 0 Å². The predicted octanol–water partition coefficient (Wildman–Crippen LogP) is 24.1. The van der Waals surface area contributed by atoms with E-state index in [-0.39, 0.29) is 0 Å². The summed E-state index contributed by atoms with van der Waals surface area (Å²) in [6.07, 6.45) is 5.88.